The number of amides is 1. The molecule has 0 saturated carbocycles. The number of carbonyl (C=O) groups excluding carboxylic acids is 1. The third-order valence-electron chi connectivity index (χ3n) is 4.80. The Kier molecular flexibility index (Phi) is 7.15. The van der Waals surface area contributed by atoms with Crippen LogP contribution in [0.2, 0.25) is 0 Å². The number of nitrogens with zero attached hydrogens (tertiary/aromatic N) is 4. The van der Waals surface area contributed by atoms with Gasteiger partial charge in [0.1, 0.15) is 5.75 Å². The maximum atomic E-state index is 12.9. The Morgan fingerprint density at radius 1 is 1.07 bits per heavy atom. The lowest BCUT2D eigenvalue weighted by atomic mass is 10.2. The van der Waals surface area contributed by atoms with Gasteiger partial charge < -0.3 is 9.64 Å². The van der Waals surface area contributed by atoms with Gasteiger partial charge in [-0.15, -0.1) is 10.2 Å². The summed E-state index contributed by atoms with van der Waals surface area (Å²) < 4.78 is 7.32. The molecule has 0 aliphatic carbocycles. The zero-order valence-electron chi connectivity index (χ0n) is 18.1. The van der Waals surface area contributed by atoms with E-state index in [-0.39, 0.29) is 17.2 Å². The number of hydrogen-bond donors (Lipinski definition) is 0. The molecule has 3 rings (SSSR count). The van der Waals surface area contributed by atoms with Crippen LogP contribution in [0.5, 0.6) is 5.75 Å². The van der Waals surface area contributed by atoms with E-state index >= 15 is 0 Å². The molecule has 0 aliphatic rings. The number of thioether (sulfide) groups is 1. The second-order valence-electron chi connectivity index (χ2n) is 7.44. The second kappa shape index (κ2) is 9.80. The van der Waals surface area contributed by atoms with Gasteiger partial charge in [-0.25, -0.2) is 0 Å². The van der Waals surface area contributed by atoms with Crippen molar-refractivity contribution in [3.63, 3.8) is 0 Å². The number of aromatic nitrogens is 3. The fourth-order valence-corrected chi connectivity index (χ4v) is 4.31. The average molecular weight is 425 g/mol. The Bertz CT molecular complexity index is 971. The molecule has 1 aromatic heterocycles. The summed E-state index contributed by atoms with van der Waals surface area (Å²) in [5, 5.41) is 9.28. The van der Waals surface area contributed by atoms with Crippen molar-refractivity contribution in [1.82, 2.24) is 19.7 Å². The molecule has 2 aromatic carbocycles. The molecule has 0 fully saturated rings. The third-order valence-corrected chi connectivity index (χ3v) is 5.84. The standard InChI is InChI=1S/C23H28N4O2S/c1-16(2)27-21(19-11-13-20(29-5)14-12-19)24-25-23(27)30-17(3)22(28)26(4)15-18-9-7-6-8-10-18/h6-14,16-17H,15H2,1-5H3/t17-/m0/s1. The molecular formula is C23H28N4O2S. The van der Waals surface area contributed by atoms with Crippen molar-refractivity contribution in [2.24, 2.45) is 0 Å². The van der Waals surface area contributed by atoms with Crippen LogP contribution in [-0.4, -0.2) is 45.0 Å². The molecule has 1 amide bonds. The predicted octanol–water partition coefficient (Wildman–Crippen LogP) is 4.67. The highest BCUT2D eigenvalue weighted by Crippen LogP contribution is 2.31. The first-order chi connectivity index (χ1) is 14.4. The summed E-state index contributed by atoms with van der Waals surface area (Å²) in [7, 11) is 3.48. The van der Waals surface area contributed by atoms with Crippen LogP contribution in [0.25, 0.3) is 11.4 Å². The lowest BCUT2D eigenvalue weighted by Crippen LogP contribution is -2.33. The van der Waals surface area contributed by atoms with Crippen molar-refractivity contribution in [2.75, 3.05) is 14.2 Å². The van der Waals surface area contributed by atoms with Crippen LogP contribution in [0.1, 0.15) is 32.4 Å². The molecule has 0 radical (unpaired) electrons. The zero-order valence-corrected chi connectivity index (χ0v) is 18.9. The van der Waals surface area contributed by atoms with Gasteiger partial charge in [-0.2, -0.15) is 0 Å². The van der Waals surface area contributed by atoms with Gasteiger partial charge in [-0.1, -0.05) is 42.1 Å². The highest BCUT2D eigenvalue weighted by Gasteiger charge is 2.24. The quantitative estimate of drug-likeness (QED) is 0.492. The number of ether oxygens (including phenoxy) is 1. The van der Waals surface area contributed by atoms with E-state index in [1.165, 1.54) is 11.8 Å². The van der Waals surface area contributed by atoms with E-state index in [4.69, 9.17) is 4.74 Å². The summed E-state index contributed by atoms with van der Waals surface area (Å²) in [6.07, 6.45) is 0. The van der Waals surface area contributed by atoms with E-state index in [9.17, 15) is 4.79 Å². The van der Waals surface area contributed by atoms with Gasteiger partial charge in [0, 0.05) is 25.2 Å². The van der Waals surface area contributed by atoms with Crippen LogP contribution in [-0.2, 0) is 11.3 Å². The van der Waals surface area contributed by atoms with Gasteiger partial charge in [0.15, 0.2) is 11.0 Å². The molecule has 158 valence electrons. The fourth-order valence-electron chi connectivity index (χ4n) is 3.21. The van der Waals surface area contributed by atoms with Crippen molar-refractivity contribution in [3.8, 4) is 17.1 Å². The van der Waals surface area contributed by atoms with E-state index in [0.717, 1.165) is 27.9 Å². The highest BCUT2D eigenvalue weighted by molar-refractivity contribution is 8.00. The minimum absolute atomic E-state index is 0.0631. The van der Waals surface area contributed by atoms with Crippen molar-refractivity contribution in [3.05, 3.63) is 60.2 Å². The molecule has 0 bridgehead atoms. The molecule has 6 nitrogen and oxygen atoms in total. The molecule has 7 heteroatoms. The van der Waals surface area contributed by atoms with Crippen molar-refractivity contribution in [1.29, 1.82) is 0 Å². The minimum atomic E-state index is -0.274. The Hall–Kier alpha value is -2.80. The van der Waals surface area contributed by atoms with Gasteiger partial charge in [-0.05, 0) is 50.6 Å². The summed E-state index contributed by atoms with van der Waals surface area (Å²) in [4.78, 5) is 14.7. The Morgan fingerprint density at radius 3 is 2.33 bits per heavy atom. The average Bonchev–Trinajstić information content (AvgIpc) is 3.17. The van der Waals surface area contributed by atoms with Crippen LogP contribution in [0, 0.1) is 0 Å². The summed E-state index contributed by atoms with van der Waals surface area (Å²) in [5.41, 5.74) is 2.07. The van der Waals surface area contributed by atoms with Crippen LogP contribution >= 0.6 is 11.8 Å². The first-order valence-electron chi connectivity index (χ1n) is 9.95. The molecule has 0 unspecified atom stereocenters. The molecule has 1 heterocycles. The van der Waals surface area contributed by atoms with Crippen molar-refractivity contribution in [2.45, 2.75) is 43.8 Å². The lowest BCUT2D eigenvalue weighted by molar-refractivity contribution is -0.129. The van der Waals surface area contributed by atoms with E-state index in [1.807, 2.05) is 68.6 Å². The zero-order chi connectivity index (χ0) is 21.7. The van der Waals surface area contributed by atoms with Crippen LogP contribution in [0.4, 0.5) is 0 Å². The van der Waals surface area contributed by atoms with Gasteiger partial charge in [0.2, 0.25) is 5.91 Å². The molecule has 1 atom stereocenters. The molecule has 0 spiro atoms. The van der Waals surface area contributed by atoms with E-state index in [2.05, 4.69) is 28.6 Å². The van der Waals surface area contributed by atoms with E-state index in [1.54, 1.807) is 12.0 Å². The highest BCUT2D eigenvalue weighted by atomic mass is 32.2. The van der Waals surface area contributed by atoms with Crippen LogP contribution < -0.4 is 4.74 Å². The van der Waals surface area contributed by atoms with Crippen LogP contribution in [0.15, 0.2) is 59.8 Å². The maximum Gasteiger partial charge on any atom is 0.235 e. The SMILES string of the molecule is COc1ccc(-c2nnc(S[C@@H](C)C(=O)N(C)Cc3ccccc3)n2C(C)C)cc1. The number of hydrogen-bond acceptors (Lipinski definition) is 5. The van der Waals surface area contributed by atoms with Gasteiger partial charge in [0.05, 0.1) is 12.4 Å². The van der Waals surface area contributed by atoms with Crippen molar-refractivity contribution < 1.29 is 9.53 Å². The summed E-state index contributed by atoms with van der Waals surface area (Å²) in [6.45, 7) is 6.68. The van der Waals surface area contributed by atoms with Gasteiger partial charge in [0.25, 0.3) is 0 Å². The minimum Gasteiger partial charge on any atom is -0.497 e. The first-order valence-corrected chi connectivity index (χ1v) is 10.8. The van der Waals surface area contributed by atoms with Crippen molar-refractivity contribution >= 4 is 17.7 Å². The van der Waals surface area contributed by atoms with E-state index in [0.29, 0.717) is 6.54 Å². The summed E-state index contributed by atoms with van der Waals surface area (Å²) in [6, 6.07) is 17.9. The largest absolute Gasteiger partial charge is 0.497 e. The summed E-state index contributed by atoms with van der Waals surface area (Å²) in [5.74, 6) is 1.64. The molecule has 30 heavy (non-hydrogen) atoms. The Balaban J connectivity index is 1.76. The van der Waals surface area contributed by atoms with Gasteiger partial charge >= 0.3 is 0 Å². The monoisotopic (exact) mass is 424 g/mol. The third kappa shape index (κ3) is 5.02. The normalized spacial score (nSPS) is 12.1. The van der Waals surface area contributed by atoms with E-state index < -0.39 is 0 Å². The number of rotatable bonds is 8. The Morgan fingerprint density at radius 2 is 1.73 bits per heavy atom. The maximum absolute atomic E-state index is 12.9. The topological polar surface area (TPSA) is 60.3 Å². The molecular weight excluding hydrogens is 396 g/mol. The molecule has 0 saturated heterocycles. The molecule has 0 N–H and O–H groups in total. The first kappa shape index (κ1) is 21.9. The Labute approximate surface area is 182 Å². The molecule has 0 aliphatic heterocycles. The number of benzene rings is 2. The van der Waals surface area contributed by atoms with Gasteiger partial charge in [-0.3, -0.25) is 9.36 Å². The summed E-state index contributed by atoms with van der Waals surface area (Å²) >= 11 is 1.44. The number of methoxy groups -OCH3 is 1. The lowest BCUT2D eigenvalue weighted by Gasteiger charge is -2.22. The number of carbonyl (C=O) groups is 1. The van der Waals surface area contributed by atoms with Crippen LogP contribution in [0.3, 0.4) is 0 Å². The smallest absolute Gasteiger partial charge is 0.235 e. The second-order valence-corrected chi connectivity index (χ2v) is 8.75. The molecule has 3 aromatic rings. The predicted molar refractivity (Wildman–Crippen MR) is 121 cm³/mol. The fraction of sp³-hybridized carbons (Fsp3) is 0.348.